The Morgan fingerprint density at radius 3 is 2.78 bits per heavy atom. The minimum atomic E-state index is 0. The number of carbonyl (C=O) groups is 1. The van der Waals surface area contributed by atoms with Crippen molar-refractivity contribution < 1.29 is 9.53 Å². The van der Waals surface area contributed by atoms with E-state index in [1.54, 1.807) is 0 Å². The van der Waals surface area contributed by atoms with E-state index in [9.17, 15) is 4.79 Å². The summed E-state index contributed by atoms with van der Waals surface area (Å²) in [5.41, 5.74) is 0. The van der Waals surface area contributed by atoms with Crippen LogP contribution in [0.4, 0.5) is 0 Å². The molecule has 1 aliphatic heterocycles. The van der Waals surface area contributed by atoms with E-state index < -0.39 is 0 Å². The van der Waals surface area contributed by atoms with Crippen molar-refractivity contribution in [3.8, 4) is 5.75 Å². The van der Waals surface area contributed by atoms with E-state index in [2.05, 4.69) is 21.2 Å². The van der Waals surface area contributed by atoms with Crippen molar-refractivity contribution in [3.63, 3.8) is 0 Å². The van der Waals surface area contributed by atoms with Crippen LogP contribution >= 0.6 is 28.3 Å². The van der Waals surface area contributed by atoms with Crippen LogP contribution in [0.1, 0.15) is 25.7 Å². The fourth-order valence-electron chi connectivity index (χ4n) is 2.80. The zero-order valence-corrected chi connectivity index (χ0v) is 16.0. The first-order chi connectivity index (χ1) is 10.7. The lowest BCUT2D eigenvalue weighted by molar-refractivity contribution is -0.132. The van der Waals surface area contributed by atoms with Gasteiger partial charge in [-0.25, -0.2) is 0 Å². The highest BCUT2D eigenvalue weighted by Gasteiger charge is 2.21. The van der Waals surface area contributed by atoms with Gasteiger partial charge in [0.2, 0.25) is 5.91 Å². The number of halogens is 2. The number of benzene rings is 1. The average Bonchev–Trinajstić information content (AvgIpc) is 2.52. The third kappa shape index (κ3) is 7.10. The lowest BCUT2D eigenvalue weighted by Crippen LogP contribution is -2.40. The largest absolute Gasteiger partial charge is 0.494 e. The number of hydrogen-bond acceptors (Lipinski definition) is 3. The van der Waals surface area contributed by atoms with Crippen molar-refractivity contribution in [1.29, 1.82) is 0 Å². The van der Waals surface area contributed by atoms with Crippen LogP contribution in [0.3, 0.4) is 0 Å². The molecule has 1 fully saturated rings. The Balaban J connectivity index is 0.00000264. The van der Waals surface area contributed by atoms with Gasteiger partial charge in [-0.3, -0.25) is 4.79 Å². The average molecular weight is 406 g/mol. The molecule has 0 bridgehead atoms. The molecule has 1 aromatic rings. The Labute approximate surface area is 153 Å². The standard InChI is InChI=1S/C17H25BrN2O2.ClH/c1-19-13-14-7-9-20(10-8-14)17(21)6-3-11-22-16-5-2-4-15(18)12-16;/h2,4-5,12,14,19H,3,6-11,13H2,1H3;1H. The number of hydrogen-bond donors (Lipinski definition) is 1. The van der Waals surface area contributed by atoms with Gasteiger partial charge in [0.1, 0.15) is 5.75 Å². The van der Waals surface area contributed by atoms with E-state index in [0.717, 1.165) is 49.1 Å². The van der Waals surface area contributed by atoms with Crippen molar-refractivity contribution in [2.75, 3.05) is 33.3 Å². The zero-order valence-electron chi connectivity index (χ0n) is 13.6. The molecule has 6 heteroatoms. The Morgan fingerprint density at radius 1 is 1.39 bits per heavy atom. The maximum Gasteiger partial charge on any atom is 0.222 e. The van der Waals surface area contributed by atoms with Gasteiger partial charge in [-0.1, -0.05) is 22.0 Å². The molecule has 0 aromatic heterocycles. The van der Waals surface area contributed by atoms with Gasteiger partial charge < -0.3 is 15.0 Å². The molecule has 0 unspecified atom stereocenters. The molecule has 1 heterocycles. The van der Waals surface area contributed by atoms with Gasteiger partial charge in [0, 0.05) is 24.0 Å². The summed E-state index contributed by atoms with van der Waals surface area (Å²) < 4.78 is 6.67. The first kappa shape index (κ1) is 20.3. The summed E-state index contributed by atoms with van der Waals surface area (Å²) in [7, 11) is 1.99. The third-order valence-corrected chi connectivity index (χ3v) is 4.55. The molecule has 1 aromatic carbocycles. The van der Waals surface area contributed by atoms with E-state index in [0.29, 0.717) is 18.9 Å². The fraction of sp³-hybridized carbons (Fsp3) is 0.588. The molecule has 2 rings (SSSR count). The normalized spacial score (nSPS) is 15.1. The highest BCUT2D eigenvalue weighted by Crippen LogP contribution is 2.19. The summed E-state index contributed by atoms with van der Waals surface area (Å²) in [6.07, 6.45) is 3.56. The fourth-order valence-corrected chi connectivity index (χ4v) is 3.18. The quantitative estimate of drug-likeness (QED) is 0.706. The van der Waals surface area contributed by atoms with Gasteiger partial charge in [0.05, 0.1) is 6.61 Å². The summed E-state index contributed by atoms with van der Waals surface area (Å²) in [6, 6.07) is 7.78. The molecule has 1 saturated heterocycles. The molecule has 23 heavy (non-hydrogen) atoms. The Morgan fingerprint density at radius 2 is 2.13 bits per heavy atom. The minimum absolute atomic E-state index is 0. The SMILES string of the molecule is CNCC1CCN(C(=O)CCCOc2cccc(Br)c2)CC1.Cl. The van der Waals surface area contributed by atoms with Crippen LogP contribution in [0.15, 0.2) is 28.7 Å². The second-order valence-electron chi connectivity index (χ2n) is 5.79. The van der Waals surface area contributed by atoms with Crippen molar-refractivity contribution in [3.05, 3.63) is 28.7 Å². The van der Waals surface area contributed by atoms with Crippen LogP contribution < -0.4 is 10.1 Å². The lowest BCUT2D eigenvalue weighted by Gasteiger charge is -2.32. The molecular weight excluding hydrogens is 380 g/mol. The second-order valence-corrected chi connectivity index (χ2v) is 6.71. The van der Waals surface area contributed by atoms with Crippen molar-refractivity contribution >= 4 is 34.2 Å². The maximum absolute atomic E-state index is 12.2. The summed E-state index contributed by atoms with van der Waals surface area (Å²) in [4.78, 5) is 14.2. The predicted octanol–water partition coefficient (Wildman–Crippen LogP) is 3.49. The Hall–Kier alpha value is -0.780. The van der Waals surface area contributed by atoms with E-state index in [-0.39, 0.29) is 18.3 Å². The molecular formula is C17H26BrClN2O2. The van der Waals surface area contributed by atoms with Crippen molar-refractivity contribution in [2.45, 2.75) is 25.7 Å². The summed E-state index contributed by atoms with van der Waals surface area (Å²) in [5.74, 6) is 1.82. The van der Waals surface area contributed by atoms with Gasteiger partial charge in [-0.15, -0.1) is 12.4 Å². The highest BCUT2D eigenvalue weighted by molar-refractivity contribution is 9.10. The maximum atomic E-state index is 12.2. The second kappa shape index (κ2) is 10.9. The summed E-state index contributed by atoms with van der Waals surface area (Å²) in [5, 5.41) is 3.22. The molecule has 0 aliphatic carbocycles. The summed E-state index contributed by atoms with van der Waals surface area (Å²) in [6.45, 7) is 3.44. The van der Waals surface area contributed by atoms with E-state index in [1.807, 2.05) is 36.2 Å². The molecule has 0 atom stereocenters. The highest BCUT2D eigenvalue weighted by atomic mass is 79.9. The van der Waals surface area contributed by atoms with Gasteiger partial charge in [0.25, 0.3) is 0 Å². The minimum Gasteiger partial charge on any atom is -0.494 e. The molecule has 1 amide bonds. The van der Waals surface area contributed by atoms with Crippen LogP contribution in [0.5, 0.6) is 5.75 Å². The Bertz CT molecular complexity index is 479. The molecule has 1 N–H and O–H groups in total. The van der Waals surface area contributed by atoms with E-state index in [4.69, 9.17) is 4.74 Å². The van der Waals surface area contributed by atoms with Crippen LogP contribution in [0, 0.1) is 5.92 Å². The van der Waals surface area contributed by atoms with Gasteiger partial charge >= 0.3 is 0 Å². The number of nitrogens with zero attached hydrogens (tertiary/aromatic N) is 1. The van der Waals surface area contributed by atoms with Crippen LogP contribution in [-0.2, 0) is 4.79 Å². The van der Waals surface area contributed by atoms with Gasteiger partial charge in [-0.2, -0.15) is 0 Å². The third-order valence-electron chi connectivity index (χ3n) is 4.06. The van der Waals surface area contributed by atoms with Gasteiger partial charge in [0.15, 0.2) is 0 Å². The topological polar surface area (TPSA) is 41.6 Å². The zero-order chi connectivity index (χ0) is 15.8. The van der Waals surface area contributed by atoms with Gasteiger partial charge in [-0.05, 0) is 57.0 Å². The molecule has 0 spiro atoms. The molecule has 130 valence electrons. The predicted molar refractivity (Wildman–Crippen MR) is 99.3 cm³/mol. The van der Waals surface area contributed by atoms with Crippen LogP contribution in [0.25, 0.3) is 0 Å². The van der Waals surface area contributed by atoms with Crippen molar-refractivity contribution in [1.82, 2.24) is 10.2 Å². The molecule has 4 nitrogen and oxygen atoms in total. The summed E-state index contributed by atoms with van der Waals surface area (Å²) >= 11 is 3.42. The number of nitrogens with one attached hydrogen (secondary N) is 1. The first-order valence-corrected chi connectivity index (χ1v) is 8.79. The number of carbonyl (C=O) groups excluding carboxylic acids is 1. The Kier molecular flexibility index (Phi) is 9.60. The van der Waals surface area contributed by atoms with E-state index >= 15 is 0 Å². The van der Waals surface area contributed by atoms with E-state index in [1.165, 1.54) is 0 Å². The number of piperidine rings is 1. The molecule has 0 radical (unpaired) electrons. The van der Waals surface area contributed by atoms with Crippen molar-refractivity contribution in [2.24, 2.45) is 5.92 Å². The molecule has 1 aliphatic rings. The van der Waals surface area contributed by atoms with Crippen LogP contribution in [0.2, 0.25) is 0 Å². The van der Waals surface area contributed by atoms with Crippen LogP contribution in [-0.4, -0.2) is 44.1 Å². The lowest BCUT2D eigenvalue weighted by atomic mass is 9.96. The first-order valence-electron chi connectivity index (χ1n) is 8.00. The number of rotatable bonds is 7. The molecule has 0 saturated carbocycles. The number of likely N-dealkylation sites (tertiary alicyclic amines) is 1. The smallest absolute Gasteiger partial charge is 0.222 e. The number of amides is 1. The monoisotopic (exact) mass is 404 g/mol. The number of ether oxygens (including phenoxy) is 1.